The van der Waals surface area contributed by atoms with E-state index in [4.69, 9.17) is 5.11 Å². The van der Waals surface area contributed by atoms with Gasteiger partial charge in [0.1, 0.15) is 18.0 Å². The largest absolute Gasteiger partial charge is 0.396 e. The zero-order chi connectivity index (χ0) is 13.0. The van der Waals surface area contributed by atoms with Gasteiger partial charge >= 0.3 is 0 Å². The molecular formula is C13H22N4O. The second-order valence-electron chi connectivity index (χ2n) is 4.75. The SMILES string of the molecule is CCN(C)c1cc(N2CCCC2CCO)ncn1. The van der Waals surface area contributed by atoms with Gasteiger partial charge in [-0.15, -0.1) is 0 Å². The molecule has 0 bridgehead atoms. The monoisotopic (exact) mass is 250 g/mol. The summed E-state index contributed by atoms with van der Waals surface area (Å²) in [5.41, 5.74) is 0. The summed E-state index contributed by atoms with van der Waals surface area (Å²) in [6.45, 7) is 4.30. The van der Waals surface area contributed by atoms with Crippen molar-refractivity contribution in [2.24, 2.45) is 0 Å². The molecule has 1 atom stereocenters. The Morgan fingerprint density at radius 3 is 3.06 bits per heavy atom. The van der Waals surface area contributed by atoms with Crippen molar-refractivity contribution < 1.29 is 5.11 Å². The van der Waals surface area contributed by atoms with Gasteiger partial charge in [-0.2, -0.15) is 0 Å². The summed E-state index contributed by atoms with van der Waals surface area (Å²) < 4.78 is 0. The Labute approximate surface area is 108 Å². The van der Waals surface area contributed by atoms with Crippen LogP contribution in [0.5, 0.6) is 0 Å². The third-order valence-electron chi connectivity index (χ3n) is 3.64. The fourth-order valence-electron chi connectivity index (χ4n) is 2.45. The van der Waals surface area contributed by atoms with Gasteiger partial charge in [0.05, 0.1) is 0 Å². The van der Waals surface area contributed by atoms with Crippen molar-refractivity contribution in [1.29, 1.82) is 0 Å². The predicted molar refractivity (Wildman–Crippen MR) is 73.0 cm³/mol. The molecule has 1 aliphatic rings. The second-order valence-corrected chi connectivity index (χ2v) is 4.75. The molecule has 5 heteroatoms. The van der Waals surface area contributed by atoms with E-state index in [1.54, 1.807) is 6.33 Å². The topological polar surface area (TPSA) is 52.5 Å². The van der Waals surface area contributed by atoms with Gasteiger partial charge in [0.25, 0.3) is 0 Å². The lowest BCUT2D eigenvalue weighted by Gasteiger charge is -2.26. The average molecular weight is 250 g/mol. The summed E-state index contributed by atoms with van der Waals surface area (Å²) in [6, 6.07) is 2.46. The number of nitrogens with zero attached hydrogens (tertiary/aromatic N) is 4. The standard InChI is InChI=1S/C13H22N4O/c1-3-16(2)12-9-13(15-10-14-12)17-7-4-5-11(17)6-8-18/h9-11,18H,3-8H2,1-2H3. The molecule has 0 amide bonds. The van der Waals surface area contributed by atoms with Crippen molar-refractivity contribution in [2.75, 3.05) is 36.5 Å². The fraction of sp³-hybridized carbons (Fsp3) is 0.692. The minimum atomic E-state index is 0.244. The molecule has 1 fully saturated rings. The Morgan fingerprint density at radius 2 is 2.33 bits per heavy atom. The smallest absolute Gasteiger partial charge is 0.134 e. The highest BCUT2D eigenvalue weighted by atomic mass is 16.3. The first-order valence-corrected chi connectivity index (χ1v) is 6.67. The van der Waals surface area contributed by atoms with Gasteiger partial charge in [0.2, 0.25) is 0 Å². The number of aliphatic hydroxyl groups is 1. The van der Waals surface area contributed by atoms with Crippen LogP contribution < -0.4 is 9.80 Å². The lowest BCUT2D eigenvalue weighted by atomic mass is 10.1. The number of aromatic nitrogens is 2. The maximum absolute atomic E-state index is 9.10. The van der Waals surface area contributed by atoms with E-state index < -0.39 is 0 Å². The summed E-state index contributed by atoms with van der Waals surface area (Å²) in [7, 11) is 2.03. The van der Waals surface area contributed by atoms with Gasteiger partial charge < -0.3 is 14.9 Å². The van der Waals surface area contributed by atoms with Gasteiger partial charge in [-0.1, -0.05) is 0 Å². The van der Waals surface area contributed by atoms with Crippen LogP contribution in [0.3, 0.4) is 0 Å². The molecule has 0 radical (unpaired) electrons. The number of hydrogen-bond donors (Lipinski definition) is 1. The van der Waals surface area contributed by atoms with E-state index in [2.05, 4.69) is 26.7 Å². The normalized spacial score (nSPS) is 19.3. The van der Waals surface area contributed by atoms with Gasteiger partial charge in [-0.3, -0.25) is 0 Å². The van der Waals surface area contributed by atoms with Crippen molar-refractivity contribution in [1.82, 2.24) is 9.97 Å². The first-order chi connectivity index (χ1) is 8.76. The highest BCUT2D eigenvalue weighted by Gasteiger charge is 2.25. The molecule has 1 aromatic heterocycles. The van der Waals surface area contributed by atoms with E-state index in [0.29, 0.717) is 6.04 Å². The first kappa shape index (κ1) is 13.1. The molecule has 2 rings (SSSR count). The summed E-state index contributed by atoms with van der Waals surface area (Å²) in [5, 5.41) is 9.10. The molecule has 18 heavy (non-hydrogen) atoms. The Balaban J connectivity index is 2.17. The highest BCUT2D eigenvalue weighted by molar-refractivity contribution is 5.50. The van der Waals surface area contributed by atoms with Crippen LogP contribution in [0.4, 0.5) is 11.6 Å². The molecule has 1 aromatic rings. The van der Waals surface area contributed by atoms with E-state index >= 15 is 0 Å². The summed E-state index contributed by atoms with van der Waals surface area (Å²) in [5.74, 6) is 1.94. The summed E-state index contributed by atoms with van der Waals surface area (Å²) in [4.78, 5) is 13.1. The quantitative estimate of drug-likeness (QED) is 0.853. The molecule has 0 spiro atoms. The van der Waals surface area contributed by atoms with Crippen LogP contribution >= 0.6 is 0 Å². The minimum Gasteiger partial charge on any atom is -0.396 e. The van der Waals surface area contributed by atoms with Crippen LogP contribution in [-0.2, 0) is 0 Å². The molecule has 1 aliphatic heterocycles. The van der Waals surface area contributed by atoms with Crippen LogP contribution in [-0.4, -0.2) is 47.9 Å². The van der Waals surface area contributed by atoms with E-state index in [1.807, 2.05) is 13.1 Å². The van der Waals surface area contributed by atoms with Crippen LogP contribution in [0.15, 0.2) is 12.4 Å². The number of rotatable bonds is 5. The van der Waals surface area contributed by atoms with Gasteiger partial charge in [-0.25, -0.2) is 9.97 Å². The van der Waals surface area contributed by atoms with Crippen molar-refractivity contribution >= 4 is 11.6 Å². The highest BCUT2D eigenvalue weighted by Crippen LogP contribution is 2.27. The second kappa shape index (κ2) is 6.00. The van der Waals surface area contributed by atoms with E-state index in [0.717, 1.165) is 37.6 Å². The molecule has 0 aliphatic carbocycles. The summed E-state index contributed by atoms with van der Waals surface area (Å²) in [6.07, 6.45) is 4.77. The van der Waals surface area contributed by atoms with Gasteiger partial charge in [-0.05, 0) is 26.2 Å². The van der Waals surface area contributed by atoms with E-state index in [9.17, 15) is 0 Å². The molecule has 0 saturated carbocycles. The minimum absolute atomic E-state index is 0.244. The average Bonchev–Trinajstić information content (AvgIpc) is 2.87. The van der Waals surface area contributed by atoms with Crippen LogP contribution in [0.1, 0.15) is 26.2 Å². The molecule has 1 saturated heterocycles. The molecule has 2 heterocycles. The van der Waals surface area contributed by atoms with Crippen LogP contribution in [0.2, 0.25) is 0 Å². The Hall–Kier alpha value is -1.36. The third-order valence-corrected chi connectivity index (χ3v) is 3.64. The molecule has 1 unspecified atom stereocenters. The van der Waals surface area contributed by atoms with Crippen molar-refractivity contribution in [3.05, 3.63) is 12.4 Å². The molecule has 0 aromatic carbocycles. The number of aliphatic hydroxyl groups excluding tert-OH is 1. The van der Waals surface area contributed by atoms with Crippen molar-refractivity contribution in [2.45, 2.75) is 32.2 Å². The maximum atomic E-state index is 9.10. The summed E-state index contributed by atoms with van der Waals surface area (Å²) >= 11 is 0. The van der Waals surface area contributed by atoms with Crippen molar-refractivity contribution in [3.63, 3.8) is 0 Å². The third kappa shape index (κ3) is 2.72. The maximum Gasteiger partial charge on any atom is 0.134 e. The van der Waals surface area contributed by atoms with E-state index in [1.165, 1.54) is 6.42 Å². The molecular weight excluding hydrogens is 228 g/mol. The Bertz CT molecular complexity index is 385. The lowest BCUT2D eigenvalue weighted by Crippen LogP contribution is -2.31. The predicted octanol–water partition coefficient (Wildman–Crippen LogP) is 1.28. The number of hydrogen-bond acceptors (Lipinski definition) is 5. The van der Waals surface area contributed by atoms with Crippen LogP contribution in [0.25, 0.3) is 0 Å². The molecule has 1 N–H and O–H groups in total. The number of anilines is 2. The van der Waals surface area contributed by atoms with Gasteiger partial charge in [0.15, 0.2) is 0 Å². The Kier molecular flexibility index (Phi) is 4.36. The zero-order valence-electron chi connectivity index (χ0n) is 11.2. The zero-order valence-corrected chi connectivity index (χ0v) is 11.2. The van der Waals surface area contributed by atoms with Crippen LogP contribution in [0, 0.1) is 0 Å². The van der Waals surface area contributed by atoms with E-state index in [-0.39, 0.29) is 6.61 Å². The molecule has 100 valence electrons. The lowest BCUT2D eigenvalue weighted by molar-refractivity contribution is 0.275. The Morgan fingerprint density at radius 1 is 1.50 bits per heavy atom. The fourth-order valence-corrected chi connectivity index (χ4v) is 2.45. The van der Waals surface area contributed by atoms with Crippen molar-refractivity contribution in [3.8, 4) is 0 Å². The molecule has 5 nitrogen and oxygen atoms in total. The van der Waals surface area contributed by atoms with Gasteiger partial charge in [0, 0.05) is 38.9 Å². The first-order valence-electron chi connectivity index (χ1n) is 6.67.